The van der Waals surface area contributed by atoms with Crippen LogP contribution >= 0.6 is 11.3 Å². The summed E-state index contributed by atoms with van der Waals surface area (Å²) in [6.07, 6.45) is 6.72. The molecule has 0 unspecified atom stereocenters. The van der Waals surface area contributed by atoms with E-state index >= 15 is 0 Å². The number of benzene rings is 1. The van der Waals surface area contributed by atoms with Gasteiger partial charge in [0.25, 0.3) is 5.91 Å². The van der Waals surface area contributed by atoms with Crippen molar-refractivity contribution in [2.45, 2.75) is 45.4 Å². The SMILES string of the molecule is Cc1cc(N2CCCC2)ccc1NC(=O)COC(=O)c1csc2c1CCCC2. The molecule has 2 heterocycles. The number of hydrogen-bond acceptors (Lipinski definition) is 5. The number of fused-ring (bicyclic) bond motifs is 1. The standard InChI is InChI=1S/C22H26N2O3S/c1-15-12-16(24-10-4-5-11-24)8-9-19(15)23-21(25)13-27-22(26)18-14-28-20-7-3-2-6-17(18)20/h8-9,12,14H,2-7,10-11,13H2,1H3,(H,23,25). The molecule has 0 saturated carbocycles. The lowest BCUT2D eigenvalue weighted by Gasteiger charge is -2.19. The van der Waals surface area contributed by atoms with Crippen molar-refractivity contribution in [3.63, 3.8) is 0 Å². The Morgan fingerprint density at radius 3 is 2.71 bits per heavy atom. The molecule has 28 heavy (non-hydrogen) atoms. The van der Waals surface area contributed by atoms with Gasteiger partial charge in [-0.1, -0.05) is 0 Å². The molecule has 1 N–H and O–H groups in total. The highest BCUT2D eigenvalue weighted by Gasteiger charge is 2.22. The van der Waals surface area contributed by atoms with Gasteiger partial charge in [-0.25, -0.2) is 4.79 Å². The first-order chi connectivity index (χ1) is 13.6. The summed E-state index contributed by atoms with van der Waals surface area (Å²) in [5, 5.41) is 4.73. The van der Waals surface area contributed by atoms with Gasteiger partial charge >= 0.3 is 5.97 Å². The van der Waals surface area contributed by atoms with Crippen molar-refractivity contribution in [2.24, 2.45) is 0 Å². The van der Waals surface area contributed by atoms with Crippen LogP contribution < -0.4 is 10.2 Å². The molecule has 148 valence electrons. The van der Waals surface area contributed by atoms with Gasteiger partial charge in [0.2, 0.25) is 0 Å². The van der Waals surface area contributed by atoms with Crippen LogP contribution in [0.2, 0.25) is 0 Å². The predicted molar refractivity (Wildman–Crippen MR) is 112 cm³/mol. The summed E-state index contributed by atoms with van der Waals surface area (Å²) >= 11 is 1.63. The van der Waals surface area contributed by atoms with Gasteiger partial charge in [0, 0.05) is 34.7 Å². The fraction of sp³-hybridized carbons (Fsp3) is 0.455. The molecule has 1 aromatic carbocycles. The molecule has 2 aromatic rings. The zero-order chi connectivity index (χ0) is 19.5. The quantitative estimate of drug-likeness (QED) is 0.762. The predicted octanol–water partition coefficient (Wildman–Crippen LogP) is 4.33. The van der Waals surface area contributed by atoms with Crippen LogP contribution in [-0.2, 0) is 22.4 Å². The Kier molecular flexibility index (Phi) is 5.67. The summed E-state index contributed by atoms with van der Waals surface area (Å²) in [7, 11) is 0. The number of hydrogen-bond donors (Lipinski definition) is 1. The van der Waals surface area contributed by atoms with Crippen molar-refractivity contribution >= 4 is 34.6 Å². The molecular weight excluding hydrogens is 372 g/mol. The molecule has 0 spiro atoms. The Labute approximate surface area is 169 Å². The minimum Gasteiger partial charge on any atom is -0.452 e. The number of anilines is 2. The Morgan fingerprint density at radius 1 is 1.14 bits per heavy atom. The highest BCUT2D eigenvalue weighted by molar-refractivity contribution is 7.10. The Morgan fingerprint density at radius 2 is 1.93 bits per heavy atom. The van der Waals surface area contributed by atoms with Crippen LogP contribution in [0.25, 0.3) is 0 Å². The third-order valence-corrected chi connectivity index (χ3v) is 6.66. The highest BCUT2D eigenvalue weighted by Crippen LogP contribution is 2.30. The van der Waals surface area contributed by atoms with Gasteiger partial charge in [-0.05, 0) is 74.8 Å². The van der Waals surface area contributed by atoms with Crippen molar-refractivity contribution in [1.29, 1.82) is 0 Å². The zero-order valence-corrected chi connectivity index (χ0v) is 17.1. The second kappa shape index (κ2) is 8.35. The van der Waals surface area contributed by atoms with Crippen LogP contribution in [0.15, 0.2) is 23.6 Å². The Hall–Kier alpha value is -2.34. The topological polar surface area (TPSA) is 58.6 Å². The van der Waals surface area contributed by atoms with E-state index in [4.69, 9.17) is 4.74 Å². The first kappa shape index (κ1) is 19.0. The van der Waals surface area contributed by atoms with Gasteiger partial charge in [-0.2, -0.15) is 0 Å². The van der Waals surface area contributed by atoms with Crippen molar-refractivity contribution in [2.75, 3.05) is 29.9 Å². The lowest BCUT2D eigenvalue weighted by Crippen LogP contribution is -2.22. The van der Waals surface area contributed by atoms with E-state index in [0.29, 0.717) is 5.56 Å². The summed E-state index contributed by atoms with van der Waals surface area (Å²) in [5.41, 5.74) is 4.73. The monoisotopic (exact) mass is 398 g/mol. The lowest BCUT2D eigenvalue weighted by atomic mass is 9.96. The first-order valence-corrected chi connectivity index (χ1v) is 10.9. The summed E-state index contributed by atoms with van der Waals surface area (Å²) < 4.78 is 5.28. The second-order valence-corrected chi connectivity index (χ2v) is 8.54. The highest BCUT2D eigenvalue weighted by atomic mass is 32.1. The Balaban J connectivity index is 1.33. The minimum absolute atomic E-state index is 0.267. The average Bonchev–Trinajstić information content (AvgIpc) is 3.37. The molecule has 4 rings (SSSR count). The molecular formula is C22H26N2O3S. The average molecular weight is 399 g/mol. The van der Waals surface area contributed by atoms with E-state index in [1.54, 1.807) is 11.3 Å². The molecule has 0 radical (unpaired) electrons. The maximum atomic E-state index is 12.4. The number of aryl methyl sites for hydroxylation is 2. The molecule has 1 fully saturated rings. The van der Waals surface area contributed by atoms with E-state index in [1.165, 1.54) is 29.8 Å². The van der Waals surface area contributed by atoms with Crippen LogP contribution in [0.3, 0.4) is 0 Å². The molecule has 0 atom stereocenters. The van der Waals surface area contributed by atoms with Gasteiger partial charge in [0.15, 0.2) is 6.61 Å². The first-order valence-electron chi connectivity index (χ1n) is 10.0. The lowest BCUT2D eigenvalue weighted by molar-refractivity contribution is -0.119. The van der Waals surface area contributed by atoms with Crippen LogP contribution in [0.1, 0.15) is 52.0 Å². The third kappa shape index (κ3) is 4.07. The largest absolute Gasteiger partial charge is 0.452 e. The number of thiophene rings is 1. The number of rotatable bonds is 5. The third-order valence-electron chi connectivity index (χ3n) is 5.57. The fourth-order valence-corrected chi connectivity index (χ4v) is 5.14. The van der Waals surface area contributed by atoms with Crippen molar-refractivity contribution < 1.29 is 14.3 Å². The molecule has 1 aliphatic carbocycles. The molecule has 1 saturated heterocycles. The summed E-state index contributed by atoms with van der Waals surface area (Å²) in [5.74, 6) is -0.704. The molecule has 1 aromatic heterocycles. The van der Waals surface area contributed by atoms with Crippen LogP contribution in [-0.4, -0.2) is 31.6 Å². The van der Waals surface area contributed by atoms with Gasteiger partial charge < -0.3 is 15.0 Å². The van der Waals surface area contributed by atoms with E-state index in [2.05, 4.69) is 16.3 Å². The number of amides is 1. The van der Waals surface area contributed by atoms with Gasteiger partial charge in [0.1, 0.15) is 0 Å². The van der Waals surface area contributed by atoms with Gasteiger partial charge in [0.05, 0.1) is 5.56 Å². The molecule has 0 bridgehead atoms. The van der Waals surface area contributed by atoms with Gasteiger partial charge in [-0.3, -0.25) is 4.79 Å². The molecule has 1 aliphatic heterocycles. The van der Waals surface area contributed by atoms with E-state index in [9.17, 15) is 9.59 Å². The number of ether oxygens (including phenoxy) is 1. The van der Waals surface area contributed by atoms with E-state index in [0.717, 1.165) is 49.2 Å². The van der Waals surface area contributed by atoms with Crippen molar-refractivity contribution in [3.8, 4) is 0 Å². The van der Waals surface area contributed by atoms with E-state index in [-0.39, 0.29) is 12.5 Å². The Bertz CT molecular complexity index is 884. The summed E-state index contributed by atoms with van der Waals surface area (Å²) in [6, 6.07) is 6.07. The van der Waals surface area contributed by atoms with Crippen molar-refractivity contribution in [1.82, 2.24) is 0 Å². The van der Waals surface area contributed by atoms with E-state index < -0.39 is 5.97 Å². The number of esters is 1. The molecule has 2 aliphatic rings. The van der Waals surface area contributed by atoms with Crippen molar-refractivity contribution in [3.05, 3.63) is 45.1 Å². The maximum Gasteiger partial charge on any atom is 0.339 e. The summed E-state index contributed by atoms with van der Waals surface area (Å²) in [6.45, 7) is 3.90. The van der Waals surface area contributed by atoms with E-state index in [1.807, 2.05) is 24.4 Å². The number of nitrogens with one attached hydrogen (secondary N) is 1. The van der Waals surface area contributed by atoms with Gasteiger partial charge in [-0.15, -0.1) is 11.3 Å². The van der Waals surface area contributed by atoms with Crippen LogP contribution in [0.5, 0.6) is 0 Å². The van der Waals surface area contributed by atoms with Crippen LogP contribution in [0, 0.1) is 6.92 Å². The van der Waals surface area contributed by atoms with Crippen LogP contribution in [0.4, 0.5) is 11.4 Å². The molecule has 5 nitrogen and oxygen atoms in total. The molecule has 6 heteroatoms. The summed E-state index contributed by atoms with van der Waals surface area (Å²) in [4.78, 5) is 28.3. The molecule has 1 amide bonds. The number of carbonyl (C=O) groups excluding carboxylic acids is 2. The zero-order valence-electron chi connectivity index (χ0n) is 16.3. The fourth-order valence-electron chi connectivity index (χ4n) is 4.02. The second-order valence-electron chi connectivity index (χ2n) is 7.58. The maximum absolute atomic E-state index is 12.4. The minimum atomic E-state index is -0.393. The number of nitrogens with zero attached hydrogens (tertiary/aromatic N) is 1. The normalized spacial score (nSPS) is 16.0. The smallest absolute Gasteiger partial charge is 0.339 e. The number of carbonyl (C=O) groups is 2.